The van der Waals surface area contributed by atoms with E-state index in [1.54, 1.807) is 36.0 Å². The van der Waals surface area contributed by atoms with Gasteiger partial charge in [0.2, 0.25) is 0 Å². The van der Waals surface area contributed by atoms with Crippen LogP contribution in [-0.2, 0) is 13.7 Å². The molecule has 96 valence electrons. The van der Waals surface area contributed by atoms with Crippen molar-refractivity contribution in [1.29, 1.82) is 0 Å². The van der Waals surface area contributed by atoms with Crippen LogP contribution < -0.4 is 4.74 Å². The first-order valence-electron chi connectivity index (χ1n) is 5.64. The fraction of sp³-hybridized carbons (Fsp3) is 0.308. The van der Waals surface area contributed by atoms with E-state index < -0.39 is 6.10 Å². The Morgan fingerprint density at radius 3 is 2.83 bits per heavy atom. The number of aliphatic hydroxyl groups excluding tert-OH is 1. The maximum absolute atomic E-state index is 9.44. The Hall–Kier alpha value is -1.52. The second-order valence-electron chi connectivity index (χ2n) is 4.18. The number of benzene rings is 1. The smallest absolute Gasteiger partial charge is 0.138 e. The van der Waals surface area contributed by atoms with Crippen molar-refractivity contribution in [3.63, 3.8) is 0 Å². The van der Waals surface area contributed by atoms with E-state index in [4.69, 9.17) is 16.3 Å². The predicted molar refractivity (Wildman–Crippen MR) is 69.6 cm³/mol. The van der Waals surface area contributed by atoms with Crippen molar-refractivity contribution in [1.82, 2.24) is 9.78 Å². The van der Waals surface area contributed by atoms with Gasteiger partial charge in [0.25, 0.3) is 0 Å². The van der Waals surface area contributed by atoms with Gasteiger partial charge >= 0.3 is 0 Å². The van der Waals surface area contributed by atoms with E-state index in [9.17, 15) is 5.11 Å². The fourth-order valence-electron chi connectivity index (χ4n) is 1.60. The number of hydrogen-bond donors (Lipinski definition) is 1. The van der Waals surface area contributed by atoms with Crippen molar-refractivity contribution in [2.75, 3.05) is 0 Å². The Balaban J connectivity index is 2.05. The molecule has 2 rings (SSSR count). The first kappa shape index (κ1) is 12.9. The number of aryl methyl sites for hydroxylation is 1. The van der Waals surface area contributed by atoms with Gasteiger partial charge in [0, 0.05) is 18.8 Å². The van der Waals surface area contributed by atoms with Gasteiger partial charge in [-0.3, -0.25) is 4.68 Å². The molecule has 1 unspecified atom stereocenters. The normalized spacial score (nSPS) is 12.4. The minimum absolute atomic E-state index is 0.418. The number of halogens is 1. The van der Waals surface area contributed by atoms with Crippen LogP contribution in [0.15, 0.2) is 30.6 Å². The molecule has 0 spiro atoms. The molecule has 1 N–H and O–H groups in total. The second kappa shape index (κ2) is 5.42. The van der Waals surface area contributed by atoms with Crippen LogP contribution in [0.5, 0.6) is 5.75 Å². The lowest BCUT2D eigenvalue weighted by molar-refractivity contribution is 0.199. The summed E-state index contributed by atoms with van der Waals surface area (Å²) in [4.78, 5) is 0. The van der Waals surface area contributed by atoms with Crippen molar-refractivity contribution in [2.45, 2.75) is 19.6 Å². The molecule has 0 fully saturated rings. The van der Waals surface area contributed by atoms with Crippen LogP contribution in [0.25, 0.3) is 0 Å². The molecule has 0 aliphatic heterocycles. The van der Waals surface area contributed by atoms with Crippen molar-refractivity contribution in [2.24, 2.45) is 7.05 Å². The first-order chi connectivity index (χ1) is 8.56. The molecule has 18 heavy (non-hydrogen) atoms. The molecule has 1 aromatic heterocycles. The molecule has 0 aliphatic rings. The van der Waals surface area contributed by atoms with Gasteiger partial charge in [0.15, 0.2) is 0 Å². The van der Waals surface area contributed by atoms with E-state index in [0.29, 0.717) is 17.4 Å². The van der Waals surface area contributed by atoms with E-state index in [-0.39, 0.29) is 0 Å². The third kappa shape index (κ3) is 3.03. The minimum Gasteiger partial charge on any atom is -0.487 e. The standard InChI is InChI=1S/C13H15ClN2O2/c1-9(17)11-3-4-13(12(14)5-11)18-8-10-6-15-16(2)7-10/h3-7,9,17H,8H2,1-2H3. The zero-order valence-electron chi connectivity index (χ0n) is 10.3. The lowest BCUT2D eigenvalue weighted by atomic mass is 10.1. The molecule has 5 heteroatoms. The molecular weight excluding hydrogens is 252 g/mol. The Morgan fingerprint density at radius 2 is 2.28 bits per heavy atom. The number of nitrogens with zero attached hydrogens (tertiary/aromatic N) is 2. The van der Waals surface area contributed by atoms with Gasteiger partial charge in [-0.05, 0) is 24.6 Å². The molecule has 0 radical (unpaired) electrons. The minimum atomic E-state index is -0.533. The quantitative estimate of drug-likeness (QED) is 0.926. The molecule has 4 nitrogen and oxygen atoms in total. The monoisotopic (exact) mass is 266 g/mol. The average Bonchev–Trinajstić information content (AvgIpc) is 2.73. The molecule has 0 saturated heterocycles. The van der Waals surface area contributed by atoms with Gasteiger partial charge in [0.1, 0.15) is 12.4 Å². The molecule has 1 atom stereocenters. The number of rotatable bonds is 4. The van der Waals surface area contributed by atoms with Crippen molar-refractivity contribution < 1.29 is 9.84 Å². The Kier molecular flexibility index (Phi) is 3.89. The number of aromatic nitrogens is 2. The van der Waals surface area contributed by atoms with Crippen LogP contribution in [0.4, 0.5) is 0 Å². The van der Waals surface area contributed by atoms with Gasteiger partial charge in [0.05, 0.1) is 17.3 Å². The summed E-state index contributed by atoms with van der Waals surface area (Å²) in [6.07, 6.45) is 3.10. The molecular formula is C13H15ClN2O2. The van der Waals surface area contributed by atoms with Gasteiger partial charge in [-0.15, -0.1) is 0 Å². The van der Waals surface area contributed by atoms with Crippen LogP contribution in [0.2, 0.25) is 5.02 Å². The Morgan fingerprint density at radius 1 is 1.50 bits per heavy atom. The van der Waals surface area contributed by atoms with Crippen molar-refractivity contribution >= 4 is 11.6 Å². The van der Waals surface area contributed by atoms with Gasteiger partial charge < -0.3 is 9.84 Å². The molecule has 2 aromatic rings. The van der Waals surface area contributed by atoms with Crippen molar-refractivity contribution in [3.05, 3.63) is 46.7 Å². The van der Waals surface area contributed by atoms with Crippen LogP contribution in [0.1, 0.15) is 24.2 Å². The highest BCUT2D eigenvalue weighted by atomic mass is 35.5. The molecule has 1 aromatic carbocycles. The van der Waals surface area contributed by atoms with E-state index in [0.717, 1.165) is 11.1 Å². The maximum Gasteiger partial charge on any atom is 0.138 e. The molecule has 1 heterocycles. The van der Waals surface area contributed by atoms with Crippen LogP contribution in [0.3, 0.4) is 0 Å². The fourth-order valence-corrected chi connectivity index (χ4v) is 1.85. The summed E-state index contributed by atoms with van der Waals surface area (Å²) >= 11 is 6.09. The van der Waals surface area contributed by atoms with Crippen molar-refractivity contribution in [3.8, 4) is 5.75 Å². The summed E-state index contributed by atoms with van der Waals surface area (Å²) in [5, 5.41) is 14.0. The van der Waals surface area contributed by atoms with E-state index in [2.05, 4.69) is 5.10 Å². The van der Waals surface area contributed by atoms with E-state index in [1.165, 1.54) is 0 Å². The number of hydrogen-bond acceptors (Lipinski definition) is 3. The summed E-state index contributed by atoms with van der Waals surface area (Å²) in [5.41, 5.74) is 1.75. The first-order valence-corrected chi connectivity index (χ1v) is 6.02. The summed E-state index contributed by atoms with van der Waals surface area (Å²) in [5.74, 6) is 0.602. The van der Waals surface area contributed by atoms with E-state index in [1.807, 2.05) is 13.2 Å². The maximum atomic E-state index is 9.44. The number of aliphatic hydroxyl groups is 1. The Labute approximate surface area is 111 Å². The summed E-state index contributed by atoms with van der Waals surface area (Å²) in [6, 6.07) is 5.28. The molecule has 0 amide bonds. The highest BCUT2D eigenvalue weighted by Gasteiger charge is 2.07. The Bertz CT molecular complexity index is 538. The highest BCUT2D eigenvalue weighted by molar-refractivity contribution is 6.32. The van der Waals surface area contributed by atoms with Crippen LogP contribution in [-0.4, -0.2) is 14.9 Å². The number of ether oxygens (including phenoxy) is 1. The SMILES string of the molecule is CC(O)c1ccc(OCc2cnn(C)c2)c(Cl)c1. The molecule has 0 bridgehead atoms. The third-order valence-corrected chi connectivity index (χ3v) is 2.89. The summed E-state index contributed by atoms with van der Waals surface area (Å²) < 4.78 is 7.32. The van der Waals surface area contributed by atoms with Gasteiger partial charge in [-0.25, -0.2) is 0 Å². The largest absolute Gasteiger partial charge is 0.487 e. The zero-order valence-corrected chi connectivity index (χ0v) is 11.1. The van der Waals surface area contributed by atoms with Crippen LogP contribution in [0, 0.1) is 0 Å². The molecule has 0 saturated carbocycles. The summed E-state index contributed by atoms with van der Waals surface area (Å²) in [6.45, 7) is 2.11. The lowest BCUT2D eigenvalue weighted by Gasteiger charge is -2.10. The highest BCUT2D eigenvalue weighted by Crippen LogP contribution is 2.28. The second-order valence-corrected chi connectivity index (χ2v) is 4.58. The average molecular weight is 267 g/mol. The topological polar surface area (TPSA) is 47.3 Å². The lowest BCUT2D eigenvalue weighted by Crippen LogP contribution is -1.96. The predicted octanol–water partition coefficient (Wildman–Crippen LogP) is 2.71. The van der Waals surface area contributed by atoms with E-state index >= 15 is 0 Å². The third-order valence-electron chi connectivity index (χ3n) is 2.59. The van der Waals surface area contributed by atoms with Crippen LogP contribution >= 0.6 is 11.6 Å². The summed E-state index contributed by atoms with van der Waals surface area (Å²) in [7, 11) is 1.86. The van der Waals surface area contributed by atoms with Gasteiger partial charge in [-0.2, -0.15) is 5.10 Å². The van der Waals surface area contributed by atoms with Gasteiger partial charge in [-0.1, -0.05) is 17.7 Å². The molecule has 0 aliphatic carbocycles. The zero-order chi connectivity index (χ0) is 13.1.